The molecule has 1 aromatic carbocycles. The molecule has 1 aliphatic carbocycles. The van der Waals surface area contributed by atoms with Crippen LogP contribution in [0.4, 0.5) is 0 Å². The second kappa shape index (κ2) is 8.27. The average molecular weight is 340 g/mol. The third-order valence-corrected chi connectivity index (χ3v) is 6.82. The van der Waals surface area contributed by atoms with Crippen LogP contribution in [-0.2, 0) is 9.84 Å². The summed E-state index contributed by atoms with van der Waals surface area (Å²) in [6, 6.07) is 7.62. The number of rotatable bonds is 7. The molecule has 0 bridgehead atoms. The van der Waals surface area contributed by atoms with Crippen LogP contribution in [0.3, 0.4) is 0 Å². The van der Waals surface area contributed by atoms with Gasteiger partial charge in [0.25, 0.3) is 0 Å². The van der Waals surface area contributed by atoms with Gasteiger partial charge < -0.3 is 10.0 Å². The molecule has 0 amide bonds. The quantitative estimate of drug-likeness (QED) is 0.830. The van der Waals surface area contributed by atoms with Crippen LogP contribution in [0.5, 0.6) is 0 Å². The molecule has 1 aliphatic rings. The van der Waals surface area contributed by atoms with Crippen LogP contribution in [0.25, 0.3) is 0 Å². The molecule has 0 saturated heterocycles. The Bertz CT molecular complexity index is 575. The highest BCUT2D eigenvalue weighted by molar-refractivity contribution is 7.91. The van der Waals surface area contributed by atoms with Crippen LogP contribution >= 0.6 is 0 Å². The Kier molecular flexibility index (Phi) is 6.62. The minimum absolute atomic E-state index is 0.201. The van der Waals surface area contributed by atoms with Crippen molar-refractivity contribution in [2.75, 3.05) is 26.0 Å². The SMILES string of the molecule is Cc1ccc(S(=O)(=O)CCCN(C)C2CCC(CO)CC2)cc1. The highest BCUT2D eigenvalue weighted by Gasteiger charge is 2.23. The number of hydrogen-bond acceptors (Lipinski definition) is 4. The standard InChI is InChI=1S/C18H29NO3S/c1-15-4-10-18(11-5-15)23(21,22)13-3-12-19(2)17-8-6-16(14-20)7-9-17/h4-5,10-11,16-17,20H,3,6-9,12-14H2,1-2H3. The van der Waals surface area contributed by atoms with Gasteiger partial charge in [0, 0.05) is 12.6 Å². The van der Waals surface area contributed by atoms with Crippen LogP contribution in [0.15, 0.2) is 29.2 Å². The van der Waals surface area contributed by atoms with Crippen molar-refractivity contribution in [2.45, 2.75) is 50.0 Å². The van der Waals surface area contributed by atoms with Crippen LogP contribution in [0, 0.1) is 12.8 Å². The van der Waals surface area contributed by atoms with Crippen LogP contribution in [0.1, 0.15) is 37.7 Å². The molecule has 0 unspecified atom stereocenters. The first-order chi connectivity index (χ1) is 10.9. The zero-order valence-electron chi connectivity index (χ0n) is 14.2. The number of sulfone groups is 1. The van der Waals surface area contributed by atoms with Crippen LogP contribution < -0.4 is 0 Å². The van der Waals surface area contributed by atoms with Crippen molar-refractivity contribution in [3.8, 4) is 0 Å². The molecule has 0 aromatic heterocycles. The second-order valence-corrected chi connectivity index (χ2v) is 8.93. The van der Waals surface area contributed by atoms with E-state index in [9.17, 15) is 13.5 Å². The van der Waals surface area contributed by atoms with Gasteiger partial charge in [0.15, 0.2) is 9.84 Å². The summed E-state index contributed by atoms with van der Waals surface area (Å²) >= 11 is 0. The van der Waals surface area contributed by atoms with Crippen molar-refractivity contribution in [3.63, 3.8) is 0 Å². The van der Waals surface area contributed by atoms with E-state index in [1.54, 1.807) is 12.1 Å². The summed E-state index contributed by atoms with van der Waals surface area (Å²) in [7, 11) is -1.09. The maximum absolute atomic E-state index is 12.3. The Balaban J connectivity index is 1.79. The van der Waals surface area contributed by atoms with Crippen molar-refractivity contribution in [1.82, 2.24) is 4.90 Å². The normalized spacial score (nSPS) is 22.4. The molecule has 0 heterocycles. The zero-order chi connectivity index (χ0) is 16.9. The Morgan fingerprint density at radius 1 is 1.13 bits per heavy atom. The Labute approximate surface area is 140 Å². The van der Waals surface area contributed by atoms with E-state index >= 15 is 0 Å². The largest absolute Gasteiger partial charge is 0.396 e. The van der Waals surface area contributed by atoms with Gasteiger partial charge in [0.2, 0.25) is 0 Å². The smallest absolute Gasteiger partial charge is 0.178 e. The van der Waals surface area contributed by atoms with Crippen molar-refractivity contribution < 1.29 is 13.5 Å². The molecular weight excluding hydrogens is 310 g/mol. The molecule has 5 heteroatoms. The number of benzene rings is 1. The maximum Gasteiger partial charge on any atom is 0.178 e. The summed E-state index contributed by atoms with van der Waals surface area (Å²) in [4.78, 5) is 2.72. The fraction of sp³-hybridized carbons (Fsp3) is 0.667. The fourth-order valence-corrected chi connectivity index (χ4v) is 4.61. The van der Waals surface area contributed by atoms with Gasteiger partial charge in [-0.3, -0.25) is 0 Å². The molecule has 0 radical (unpaired) electrons. The highest BCUT2D eigenvalue weighted by Crippen LogP contribution is 2.26. The second-order valence-electron chi connectivity index (χ2n) is 6.82. The molecule has 1 N–H and O–H groups in total. The summed E-state index contributed by atoms with van der Waals surface area (Å²) in [6.07, 6.45) is 5.02. The first-order valence-corrected chi connectivity index (χ1v) is 10.2. The van der Waals surface area contributed by atoms with E-state index in [0.29, 0.717) is 29.9 Å². The van der Waals surface area contributed by atoms with Gasteiger partial charge in [-0.15, -0.1) is 0 Å². The summed E-state index contributed by atoms with van der Waals surface area (Å²) in [6.45, 7) is 3.06. The lowest BCUT2D eigenvalue weighted by molar-refractivity contribution is 0.128. The number of nitrogens with zero attached hydrogens (tertiary/aromatic N) is 1. The lowest BCUT2D eigenvalue weighted by Gasteiger charge is -2.34. The van der Waals surface area contributed by atoms with Gasteiger partial charge in [0.1, 0.15) is 0 Å². The maximum atomic E-state index is 12.3. The highest BCUT2D eigenvalue weighted by atomic mass is 32.2. The first-order valence-electron chi connectivity index (χ1n) is 8.53. The van der Waals surface area contributed by atoms with Gasteiger partial charge >= 0.3 is 0 Å². The summed E-state index contributed by atoms with van der Waals surface area (Å²) in [5.41, 5.74) is 1.07. The van der Waals surface area contributed by atoms with Gasteiger partial charge in [-0.2, -0.15) is 0 Å². The third kappa shape index (κ3) is 5.30. The number of aliphatic hydroxyl groups is 1. The minimum atomic E-state index is -3.18. The van der Waals surface area contributed by atoms with Gasteiger partial charge in [0.05, 0.1) is 10.6 Å². The first kappa shape index (κ1) is 18.4. The van der Waals surface area contributed by atoms with E-state index in [-0.39, 0.29) is 5.75 Å². The molecule has 0 aliphatic heterocycles. The Morgan fingerprint density at radius 2 is 1.74 bits per heavy atom. The molecular formula is C18H29NO3S. The Morgan fingerprint density at radius 3 is 2.30 bits per heavy atom. The fourth-order valence-electron chi connectivity index (χ4n) is 3.32. The molecule has 1 saturated carbocycles. The molecule has 0 spiro atoms. The van der Waals surface area contributed by atoms with Gasteiger partial charge in [-0.05, 0) is 70.7 Å². The number of aliphatic hydroxyl groups excluding tert-OH is 1. The lowest BCUT2D eigenvalue weighted by Crippen LogP contribution is -2.36. The lowest BCUT2D eigenvalue weighted by atomic mass is 9.86. The van der Waals surface area contributed by atoms with E-state index in [1.807, 2.05) is 19.1 Å². The third-order valence-electron chi connectivity index (χ3n) is 5.00. The van der Waals surface area contributed by atoms with E-state index < -0.39 is 9.84 Å². The number of hydrogen-bond donors (Lipinski definition) is 1. The molecule has 1 fully saturated rings. The molecule has 130 valence electrons. The zero-order valence-corrected chi connectivity index (χ0v) is 15.1. The van der Waals surface area contributed by atoms with Crippen LogP contribution in [0.2, 0.25) is 0 Å². The van der Waals surface area contributed by atoms with E-state index in [4.69, 9.17) is 0 Å². The van der Waals surface area contributed by atoms with Gasteiger partial charge in [-0.1, -0.05) is 17.7 Å². The Hall–Kier alpha value is -0.910. The van der Waals surface area contributed by atoms with E-state index in [2.05, 4.69) is 11.9 Å². The van der Waals surface area contributed by atoms with Gasteiger partial charge in [-0.25, -0.2) is 8.42 Å². The molecule has 0 atom stereocenters. The number of aryl methyl sites for hydroxylation is 1. The predicted octanol–water partition coefficient (Wildman–Crippen LogP) is 2.64. The predicted molar refractivity (Wildman–Crippen MR) is 93.3 cm³/mol. The van der Waals surface area contributed by atoms with Crippen molar-refractivity contribution in [1.29, 1.82) is 0 Å². The summed E-state index contributed by atoms with van der Waals surface area (Å²) < 4.78 is 24.7. The van der Waals surface area contributed by atoms with E-state index in [0.717, 1.165) is 37.8 Å². The summed E-state index contributed by atoms with van der Waals surface area (Å²) in [5.74, 6) is 0.661. The minimum Gasteiger partial charge on any atom is -0.396 e. The van der Waals surface area contributed by atoms with Crippen LogP contribution in [-0.4, -0.2) is 50.4 Å². The monoisotopic (exact) mass is 339 g/mol. The molecule has 1 aromatic rings. The average Bonchev–Trinajstić information content (AvgIpc) is 2.55. The van der Waals surface area contributed by atoms with Crippen molar-refractivity contribution >= 4 is 9.84 Å². The molecule has 2 rings (SSSR count). The topological polar surface area (TPSA) is 57.6 Å². The van der Waals surface area contributed by atoms with E-state index in [1.165, 1.54) is 0 Å². The van der Waals surface area contributed by atoms with Crippen molar-refractivity contribution in [3.05, 3.63) is 29.8 Å². The van der Waals surface area contributed by atoms with Crippen molar-refractivity contribution in [2.24, 2.45) is 5.92 Å². The summed E-state index contributed by atoms with van der Waals surface area (Å²) in [5, 5.41) is 9.19. The molecule has 4 nitrogen and oxygen atoms in total. The molecule has 23 heavy (non-hydrogen) atoms.